The fraction of sp³-hybridized carbons (Fsp3) is 0.500. The van der Waals surface area contributed by atoms with Gasteiger partial charge in [0.15, 0.2) is 5.96 Å². The molecule has 0 aliphatic heterocycles. The minimum absolute atomic E-state index is 0. The van der Waals surface area contributed by atoms with Crippen LogP contribution in [-0.2, 0) is 11.2 Å². The molecule has 21 heavy (non-hydrogen) atoms. The van der Waals surface area contributed by atoms with E-state index in [0.29, 0.717) is 43.7 Å². The van der Waals surface area contributed by atoms with Crippen LogP contribution in [0.15, 0.2) is 23.2 Å². The summed E-state index contributed by atoms with van der Waals surface area (Å²) in [6.07, 6.45) is 0.700. The predicted octanol–water partition coefficient (Wildman–Crippen LogP) is 2.84. The molecular weight excluding hydrogens is 408 g/mol. The summed E-state index contributed by atoms with van der Waals surface area (Å²) in [7, 11) is 1.71. The highest BCUT2D eigenvalue weighted by atomic mass is 127. The van der Waals surface area contributed by atoms with Gasteiger partial charge in [-0.2, -0.15) is 0 Å². The zero-order valence-electron chi connectivity index (χ0n) is 12.3. The van der Waals surface area contributed by atoms with Gasteiger partial charge in [-0.1, -0.05) is 17.7 Å². The Morgan fingerprint density at radius 2 is 2.05 bits per heavy atom. The van der Waals surface area contributed by atoms with Crippen LogP contribution in [0.1, 0.15) is 12.5 Å². The van der Waals surface area contributed by atoms with Crippen molar-refractivity contribution in [3.63, 3.8) is 0 Å². The van der Waals surface area contributed by atoms with Crippen LogP contribution in [0.4, 0.5) is 4.39 Å². The highest BCUT2D eigenvalue weighted by molar-refractivity contribution is 14.0. The monoisotopic (exact) mass is 429 g/mol. The van der Waals surface area contributed by atoms with Gasteiger partial charge in [0.2, 0.25) is 0 Å². The van der Waals surface area contributed by atoms with Crippen molar-refractivity contribution >= 4 is 41.5 Å². The first-order valence-electron chi connectivity index (χ1n) is 6.63. The van der Waals surface area contributed by atoms with Crippen molar-refractivity contribution < 1.29 is 9.13 Å². The van der Waals surface area contributed by atoms with E-state index in [1.54, 1.807) is 13.1 Å². The summed E-state index contributed by atoms with van der Waals surface area (Å²) in [6.45, 7) is 4.67. The maximum atomic E-state index is 12.9. The van der Waals surface area contributed by atoms with Gasteiger partial charge in [0, 0.05) is 31.8 Å². The molecule has 0 atom stereocenters. The average molecular weight is 430 g/mol. The van der Waals surface area contributed by atoms with Gasteiger partial charge in [-0.25, -0.2) is 4.39 Å². The molecule has 0 saturated carbocycles. The topological polar surface area (TPSA) is 45.6 Å². The summed E-state index contributed by atoms with van der Waals surface area (Å²) >= 11 is 5.97. The van der Waals surface area contributed by atoms with Gasteiger partial charge >= 0.3 is 0 Å². The minimum Gasteiger partial charge on any atom is -0.380 e. The molecule has 0 spiro atoms. The Kier molecular flexibility index (Phi) is 11.7. The lowest BCUT2D eigenvalue weighted by Crippen LogP contribution is -2.39. The highest BCUT2D eigenvalue weighted by Crippen LogP contribution is 2.17. The number of guanidine groups is 1. The second-order valence-corrected chi connectivity index (χ2v) is 4.52. The Bertz CT molecular complexity index is 446. The first-order chi connectivity index (χ1) is 9.67. The average Bonchev–Trinajstić information content (AvgIpc) is 2.43. The maximum absolute atomic E-state index is 12.9. The van der Waals surface area contributed by atoms with Crippen molar-refractivity contribution in [1.29, 1.82) is 0 Å². The molecule has 1 aromatic carbocycles. The number of hydrogen-bond donors (Lipinski definition) is 2. The Morgan fingerprint density at radius 1 is 1.33 bits per heavy atom. The molecule has 2 N–H and O–H groups in total. The number of benzene rings is 1. The summed E-state index contributed by atoms with van der Waals surface area (Å²) in [5.41, 5.74) is 0.908. The SMILES string of the molecule is CCOCCNC(=NC)NCCc1ccc(F)cc1Cl.I. The Hall–Kier alpha value is -0.600. The van der Waals surface area contributed by atoms with Crippen molar-refractivity contribution in [3.8, 4) is 0 Å². The lowest BCUT2D eigenvalue weighted by Gasteiger charge is -2.12. The Labute approximate surface area is 147 Å². The molecule has 0 aromatic heterocycles. The number of nitrogens with one attached hydrogen (secondary N) is 2. The summed E-state index contributed by atoms with van der Waals surface area (Å²) in [4.78, 5) is 4.10. The third-order valence-electron chi connectivity index (χ3n) is 2.67. The first-order valence-corrected chi connectivity index (χ1v) is 7.01. The fourth-order valence-electron chi connectivity index (χ4n) is 1.65. The van der Waals surface area contributed by atoms with Crippen molar-refractivity contribution in [2.45, 2.75) is 13.3 Å². The van der Waals surface area contributed by atoms with E-state index >= 15 is 0 Å². The number of aliphatic imine (C=N–C) groups is 1. The van der Waals surface area contributed by atoms with Crippen molar-refractivity contribution in [2.24, 2.45) is 4.99 Å². The molecule has 4 nitrogen and oxygen atoms in total. The van der Waals surface area contributed by atoms with Crippen LogP contribution in [0.25, 0.3) is 0 Å². The van der Waals surface area contributed by atoms with Crippen LogP contribution in [0.2, 0.25) is 5.02 Å². The van der Waals surface area contributed by atoms with E-state index in [9.17, 15) is 4.39 Å². The number of nitrogens with zero attached hydrogens (tertiary/aromatic N) is 1. The minimum atomic E-state index is -0.319. The van der Waals surface area contributed by atoms with Crippen LogP contribution >= 0.6 is 35.6 Å². The molecule has 7 heteroatoms. The predicted molar refractivity (Wildman–Crippen MR) is 96.4 cm³/mol. The molecule has 120 valence electrons. The normalized spacial score (nSPS) is 11.0. The smallest absolute Gasteiger partial charge is 0.191 e. The van der Waals surface area contributed by atoms with Gasteiger partial charge < -0.3 is 15.4 Å². The number of hydrogen-bond acceptors (Lipinski definition) is 2. The second-order valence-electron chi connectivity index (χ2n) is 4.11. The van der Waals surface area contributed by atoms with Crippen LogP contribution in [0, 0.1) is 5.82 Å². The Balaban J connectivity index is 0.00000400. The van der Waals surface area contributed by atoms with E-state index in [1.165, 1.54) is 12.1 Å². The largest absolute Gasteiger partial charge is 0.380 e. The standard InChI is InChI=1S/C14H21ClFN3O.HI/c1-3-20-9-8-19-14(17-2)18-7-6-11-4-5-12(16)10-13(11)15;/h4-5,10H,3,6-9H2,1-2H3,(H2,17,18,19);1H. The number of rotatable bonds is 7. The van der Waals surface area contributed by atoms with Gasteiger partial charge in [0.1, 0.15) is 5.82 Å². The molecule has 0 fully saturated rings. The first kappa shape index (κ1) is 20.4. The second kappa shape index (κ2) is 12.0. The fourth-order valence-corrected chi connectivity index (χ4v) is 1.91. The zero-order chi connectivity index (χ0) is 14.8. The molecule has 0 heterocycles. The van der Waals surface area contributed by atoms with E-state index in [1.807, 2.05) is 6.92 Å². The third kappa shape index (κ3) is 8.43. The van der Waals surface area contributed by atoms with Gasteiger partial charge in [-0.3, -0.25) is 4.99 Å². The quantitative estimate of drug-likeness (QED) is 0.303. The van der Waals surface area contributed by atoms with Gasteiger partial charge in [-0.05, 0) is 31.0 Å². The molecule has 0 radical (unpaired) electrons. The van der Waals surface area contributed by atoms with Gasteiger partial charge in [0.05, 0.1) is 6.61 Å². The molecular formula is C14H22ClFIN3O. The van der Waals surface area contributed by atoms with Crippen molar-refractivity contribution in [2.75, 3.05) is 33.4 Å². The van der Waals surface area contributed by atoms with Crippen LogP contribution in [0.3, 0.4) is 0 Å². The summed E-state index contributed by atoms with van der Waals surface area (Å²) < 4.78 is 18.1. The molecule has 0 amide bonds. The van der Waals surface area contributed by atoms with Crippen LogP contribution in [-0.4, -0.2) is 39.3 Å². The van der Waals surface area contributed by atoms with E-state index in [4.69, 9.17) is 16.3 Å². The molecule has 1 aromatic rings. The Morgan fingerprint density at radius 3 is 2.67 bits per heavy atom. The molecule has 0 saturated heterocycles. The zero-order valence-corrected chi connectivity index (χ0v) is 15.4. The molecule has 0 unspecified atom stereocenters. The van der Waals surface area contributed by atoms with Crippen LogP contribution in [0.5, 0.6) is 0 Å². The van der Waals surface area contributed by atoms with E-state index in [-0.39, 0.29) is 29.8 Å². The molecule has 0 bridgehead atoms. The third-order valence-corrected chi connectivity index (χ3v) is 3.02. The molecule has 0 aliphatic rings. The van der Waals surface area contributed by atoms with E-state index < -0.39 is 0 Å². The summed E-state index contributed by atoms with van der Waals surface area (Å²) in [5, 5.41) is 6.75. The highest BCUT2D eigenvalue weighted by Gasteiger charge is 2.02. The number of halogens is 3. The summed E-state index contributed by atoms with van der Waals surface area (Å²) in [6, 6.07) is 4.44. The van der Waals surface area contributed by atoms with Crippen molar-refractivity contribution in [1.82, 2.24) is 10.6 Å². The van der Waals surface area contributed by atoms with Crippen molar-refractivity contribution in [3.05, 3.63) is 34.6 Å². The summed E-state index contributed by atoms with van der Waals surface area (Å²) in [5.74, 6) is 0.392. The van der Waals surface area contributed by atoms with E-state index in [0.717, 1.165) is 5.56 Å². The van der Waals surface area contributed by atoms with E-state index in [2.05, 4.69) is 15.6 Å². The lowest BCUT2D eigenvalue weighted by molar-refractivity contribution is 0.152. The molecule has 1 rings (SSSR count). The maximum Gasteiger partial charge on any atom is 0.191 e. The van der Waals surface area contributed by atoms with Crippen LogP contribution < -0.4 is 10.6 Å². The molecule has 0 aliphatic carbocycles. The van der Waals surface area contributed by atoms with Gasteiger partial charge in [0.25, 0.3) is 0 Å². The number of ether oxygens (including phenoxy) is 1. The van der Waals surface area contributed by atoms with Gasteiger partial charge in [-0.15, -0.1) is 24.0 Å². The lowest BCUT2D eigenvalue weighted by atomic mass is 10.1.